The van der Waals surface area contributed by atoms with E-state index in [2.05, 4.69) is 5.10 Å². The van der Waals surface area contributed by atoms with Crippen LogP contribution in [0.4, 0.5) is 0 Å². The molecule has 0 bridgehead atoms. The van der Waals surface area contributed by atoms with Gasteiger partial charge in [0.2, 0.25) is 5.91 Å². The maximum atomic E-state index is 12.3. The van der Waals surface area contributed by atoms with Crippen LogP contribution >= 0.6 is 0 Å². The van der Waals surface area contributed by atoms with Crippen LogP contribution in [0.2, 0.25) is 0 Å². The fourth-order valence-corrected chi connectivity index (χ4v) is 1.74. The average molecular weight is 281 g/mol. The van der Waals surface area contributed by atoms with Crippen molar-refractivity contribution in [2.45, 2.75) is 19.9 Å². The molecule has 112 valence electrons. The van der Waals surface area contributed by atoms with Gasteiger partial charge in [-0.05, 0) is 19.9 Å². The second-order valence-electron chi connectivity index (χ2n) is 4.96. The summed E-state index contributed by atoms with van der Waals surface area (Å²) in [6.45, 7) is 3.17. The summed E-state index contributed by atoms with van der Waals surface area (Å²) in [6.07, 6.45) is 2.36. The topological polar surface area (TPSA) is 84.5 Å². The van der Waals surface area contributed by atoms with Crippen molar-refractivity contribution in [1.82, 2.24) is 19.6 Å². The number of amides is 2. The summed E-state index contributed by atoms with van der Waals surface area (Å²) >= 11 is 0. The molecule has 7 heteroatoms. The van der Waals surface area contributed by atoms with Gasteiger partial charge < -0.3 is 15.5 Å². The van der Waals surface area contributed by atoms with Crippen LogP contribution in [0.3, 0.4) is 0 Å². The summed E-state index contributed by atoms with van der Waals surface area (Å²) in [5.41, 5.74) is 6.79. The van der Waals surface area contributed by atoms with Gasteiger partial charge in [0, 0.05) is 33.4 Å². The molecule has 0 saturated carbocycles. The molecule has 2 N–H and O–H groups in total. The molecule has 0 aliphatic carbocycles. The highest BCUT2D eigenvalue weighted by Crippen LogP contribution is 2.10. The lowest BCUT2D eigenvalue weighted by molar-refractivity contribution is -0.129. The maximum absolute atomic E-state index is 12.3. The first-order valence-corrected chi connectivity index (χ1v) is 6.56. The lowest BCUT2D eigenvalue weighted by Crippen LogP contribution is -2.37. The zero-order valence-electron chi connectivity index (χ0n) is 12.6. The van der Waals surface area contributed by atoms with Crippen LogP contribution in [0, 0.1) is 6.92 Å². The quantitative estimate of drug-likeness (QED) is 0.776. The SMILES string of the molecule is Cc1c(C(=O)N(C)CC(=O)N(C)C)cnn1CCCN. The number of nitrogens with two attached hydrogens (primary N) is 1. The van der Waals surface area contributed by atoms with E-state index in [1.54, 1.807) is 32.0 Å². The lowest BCUT2D eigenvalue weighted by atomic mass is 10.2. The van der Waals surface area contributed by atoms with Crippen LogP contribution in [0.25, 0.3) is 0 Å². The Morgan fingerprint density at radius 3 is 2.55 bits per heavy atom. The van der Waals surface area contributed by atoms with E-state index < -0.39 is 0 Å². The van der Waals surface area contributed by atoms with E-state index in [1.807, 2.05) is 6.92 Å². The molecule has 2 amide bonds. The molecule has 0 fully saturated rings. The van der Waals surface area contributed by atoms with E-state index in [0.717, 1.165) is 12.1 Å². The van der Waals surface area contributed by atoms with Crippen molar-refractivity contribution >= 4 is 11.8 Å². The molecule has 1 aromatic rings. The predicted octanol–water partition coefficient (Wildman–Crippen LogP) is -0.299. The number of hydrogen-bond donors (Lipinski definition) is 1. The van der Waals surface area contributed by atoms with Crippen LogP contribution in [0.1, 0.15) is 22.5 Å². The molecule has 1 aromatic heterocycles. The van der Waals surface area contributed by atoms with Gasteiger partial charge in [0.1, 0.15) is 0 Å². The second-order valence-corrected chi connectivity index (χ2v) is 4.96. The third-order valence-electron chi connectivity index (χ3n) is 3.13. The highest BCUT2D eigenvalue weighted by atomic mass is 16.2. The van der Waals surface area contributed by atoms with Crippen molar-refractivity contribution < 1.29 is 9.59 Å². The fourth-order valence-electron chi connectivity index (χ4n) is 1.74. The summed E-state index contributed by atoms with van der Waals surface area (Å²) in [5.74, 6) is -0.314. The van der Waals surface area contributed by atoms with Crippen molar-refractivity contribution in [3.05, 3.63) is 17.5 Å². The third-order valence-corrected chi connectivity index (χ3v) is 3.13. The summed E-state index contributed by atoms with van der Waals surface area (Å²) in [6, 6.07) is 0. The molecule has 0 aromatic carbocycles. The van der Waals surface area contributed by atoms with Gasteiger partial charge in [-0.2, -0.15) is 5.10 Å². The molecule has 1 heterocycles. The molecule has 0 aliphatic rings. The Kier molecular flexibility index (Phi) is 5.69. The van der Waals surface area contributed by atoms with Gasteiger partial charge in [0.25, 0.3) is 5.91 Å². The molecular formula is C13H23N5O2. The standard InChI is InChI=1S/C13H23N5O2/c1-10-11(8-15-18(10)7-5-6-14)13(20)17(4)9-12(19)16(2)3/h8H,5-7,9,14H2,1-4H3. The Morgan fingerprint density at radius 1 is 1.35 bits per heavy atom. The summed E-state index contributed by atoms with van der Waals surface area (Å²) in [7, 11) is 4.94. The second kappa shape index (κ2) is 7.04. The van der Waals surface area contributed by atoms with Gasteiger partial charge in [0.05, 0.1) is 18.3 Å². The van der Waals surface area contributed by atoms with Crippen molar-refractivity contribution in [2.75, 3.05) is 34.2 Å². The zero-order chi connectivity index (χ0) is 15.3. The number of carbonyl (C=O) groups excluding carboxylic acids is 2. The molecule has 0 saturated heterocycles. The van der Waals surface area contributed by atoms with Crippen molar-refractivity contribution in [2.24, 2.45) is 5.73 Å². The van der Waals surface area contributed by atoms with Crippen LogP contribution in [-0.4, -0.2) is 65.6 Å². The van der Waals surface area contributed by atoms with Gasteiger partial charge in [0.15, 0.2) is 0 Å². The molecule has 7 nitrogen and oxygen atoms in total. The van der Waals surface area contributed by atoms with Gasteiger partial charge >= 0.3 is 0 Å². The minimum atomic E-state index is -0.198. The molecule has 20 heavy (non-hydrogen) atoms. The predicted molar refractivity (Wildman–Crippen MR) is 76.3 cm³/mol. The van der Waals surface area contributed by atoms with Crippen molar-refractivity contribution in [3.63, 3.8) is 0 Å². The van der Waals surface area contributed by atoms with E-state index in [1.165, 1.54) is 9.80 Å². The number of aromatic nitrogens is 2. The molecule has 0 unspecified atom stereocenters. The van der Waals surface area contributed by atoms with Crippen molar-refractivity contribution in [3.8, 4) is 0 Å². The number of nitrogens with zero attached hydrogens (tertiary/aromatic N) is 4. The largest absolute Gasteiger partial charge is 0.347 e. The van der Waals surface area contributed by atoms with Crippen LogP contribution in [0.15, 0.2) is 6.20 Å². The number of hydrogen-bond acceptors (Lipinski definition) is 4. The molecule has 1 rings (SSSR count). The first-order valence-electron chi connectivity index (χ1n) is 6.56. The number of likely N-dealkylation sites (N-methyl/N-ethyl adjacent to an activating group) is 2. The van der Waals surface area contributed by atoms with Gasteiger partial charge in [-0.1, -0.05) is 0 Å². The lowest BCUT2D eigenvalue weighted by Gasteiger charge is -2.19. The van der Waals surface area contributed by atoms with Crippen molar-refractivity contribution in [1.29, 1.82) is 0 Å². The molecule has 0 aliphatic heterocycles. The van der Waals surface area contributed by atoms with Crippen LogP contribution in [0.5, 0.6) is 0 Å². The Morgan fingerprint density at radius 2 is 2.00 bits per heavy atom. The normalized spacial score (nSPS) is 10.4. The van der Waals surface area contributed by atoms with E-state index in [-0.39, 0.29) is 18.4 Å². The monoisotopic (exact) mass is 281 g/mol. The highest BCUT2D eigenvalue weighted by molar-refractivity contribution is 5.97. The Labute approximate surface area is 119 Å². The minimum absolute atomic E-state index is 0.0548. The third kappa shape index (κ3) is 3.80. The van der Waals surface area contributed by atoms with Crippen LogP contribution < -0.4 is 5.73 Å². The molecule has 0 atom stereocenters. The maximum Gasteiger partial charge on any atom is 0.257 e. The number of aryl methyl sites for hydroxylation is 1. The van der Waals surface area contributed by atoms with E-state index >= 15 is 0 Å². The molecular weight excluding hydrogens is 258 g/mol. The Bertz CT molecular complexity index is 481. The van der Waals surface area contributed by atoms with E-state index in [9.17, 15) is 9.59 Å². The smallest absolute Gasteiger partial charge is 0.257 e. The van der Waals surface area contributed by atoms with Gasteiger partial charge in [-0.3, -0.25) is 14.3 Å². The number of rotatable bonds is 6. The summed E-state index contributed by atoms with van der Waals surface area (Å²) < 4.78 is 1.77. The zero-order valence-corrected chi connectivity index (χ0v) is 12.6. The highest BCUT2D eigenvalue weighted by Gasteiger charge is 2.20. The molecule has 0 radical (unpaired) electrons. The number of carbonyl (C=O) groups is 2. The first-order chi connectivity index (χ1) is 9.38. The van der Waals surface area contributed by atoms with Crippen LogP contribution in [-0.2, 0) is 11.3 Å². The van der Waals surface area contributed by atoms with Gasteiger partial charge in [-0.15, -0.1) is 0 Å². The summed E-state index contributed by atoms with van der Waals surface area (Å²) in [4.78, 5) is 26.8. The average Bonchev–Trinajstić information content (AvgIpc) is 2.76. The van der Waals surface area contributed by atoms with E-state index in [4.69, 9.17) is 5.73 Å². The Hall–Kier alpha value is -1.89. The minimum Gasteiger partial charge on any atom is -0.347 e. The molecule has 0 spiro atoms. The first kappa shape index (κ1) is 16.2. The fraction of sp³-hybridized carbons (Fsp3) is 0.615. The summed E-state index contributed by atoms with van der Waals surface area (Å²) in [5, 5.41) is 4.19. The van der Waals surface area contributed by atoms with E-state index in [0.29, 0.717) is 18.7 Å². The van der Waals surface area contributed by atoms with Gasteiger partial charge in [-0.25, -0.2) is 0 Å². The Balaban J connectivity index is 2.77.